The van der Waals surface area contributed by atoms with Crippen LogP contribution in [0.25, 0.3) is 0 Å². The lowest BCUT2D eigenvalue weighted by molar-refractivity contribution is -0.137. The molecule has 0 atom stereocenters. The minimum absolute atomic E-state index is 0.0163. The first-order valence-corrected chi connectivity index (χ1v) is 6.91. The van der Waals surface area contributed by atoms with Crippen molar-refractivity contribution in [1.82, 2.24) is 4.98 Å². The summed E-state index contributed by atoms with van der Waals surface area (Å²) in [4.78, 5) is 5.98. The summed E-state index contributed by atoms with van der Waals surface area (Å²) in [6.07, 6.45) is 0.645. The summed E-state index contributed by atoms with van der Waals surface area (Å²) in [6.45, 7) is 2.41. The third kappa shape index (κ3) is 2.61. The van der Waals surface area contributed by atoms with Crippen molar-refractivity contribution in [3.8, 4) is 0 Å². The third-order valence-corrected chi connectivity index (χ3v) is 4.26. The fraction of sp³-hybridized carbons (Fsp3) is 0.643. The molecule has 0 saturated carbocycles. The van der Waals surface area contributed by atoms with Crippen LogP contribution < -0.4 is 4.90 Å². The van der Waals surface area contributed by atoms with Gasteiger partial charge in [-0.25, -0.2) is 4.98 Å². The van der Waals surface area contributed by atoms with Gasteiger partial charge >= 0.3 is 6.18 Å². The molecule has 3 nitrogen and oxygen atoms in total. The lowest BCUT2D eigenvalue weighted by Gasteiger charge is -2.39. The van der Waals surface area contributed by atoms with Crippen molar-refractivity contribution in [2.45, 2.75) is 37.5 Å². The van der Waals surface area contributed by atoms with Gasteiger partial charge < -0.3 is 9.64 Å². The second-order valence-electron chi connectivity index (χ2n) is 5.52. The van der Waals surface area contributed by atoms with Crippen LogP contribution >= 0.6 is 0 Å². The highest BCUT2D eigenvalue weighted by Gasteiger charge is 2.38. The molecule has 0 amide bonds. The Morgan fingerprint density at radius 2 is 1.90 bits per heavy atom. The van der Waals surface area contributed by atoms with Gasteiger partial charge in [-0.3, -0.25) is 0 Å². The number of piperidine rings is 1. The molecule has 0 bridgehead atoms. The second-order valence-corrected chi connectivity index (χ2v) is 5.52. The first-order chi connectivity index (χ1) is 9.49. The number of ether oxygens (including phenoxy) is 1. The van der Waals surface area contributed by atoms with Crippen LogP contribution in [-0.2, 0) is 10.9 Å². The average molecular weight is 286 g/mol. The monoisotopic (exact) mass is 286 g/mol. The van der Waals surface area contributed by atoms with Gasteiger partial charge in [-0.1, -0.05) is 0 Å². The highest BCUT2D eigenvalue weighted by molar-refractivity contribution is 5.40. The molecule has 0 aromatic carbocycles. The molecule has 3 heterocycles. The fourth-order valence-corrected chi connectivity index (χ4v) is 3.03. The standard InChI is InChI=1S/C14H17F3N2O/c15-14(16,17)11-2-3-12(18-10-11)19-7-5-13(6-8-19)4-1-9-20-13/h2-3,10H,1,4-9H2. The largest absolute Gasteiger partial charge is 0.417 e. The van der Waals surface area contributed by atoms with Crippen LogP contribution in [0, 0.1) is 0 Å². The number of alkyl halides is 3. The van der Waals surface area contributed by atoms with Crippen LogP contribution in [0.5, 0.6) is 0 Å². The van der Waals surface area contributed by atoms with Crippen molar-refractivity contribution in [2.24, 2.45) is 0 Å². The van der Waals surface area contributed by atoms with Gasteiger partial charge in [0, 0.05) is 25.9 Å². The number of aromatic nitrogens is 1. The minimum Gasteiger partial charge on any atom is -0.375 e. The summed E-state index contributed by atoms with van der Waals surface area (Å²) >= 11 is 0. The van der Waals surface area contributed by atoms with E-state index in [0.717, 1.165) is 57.6 Å². The molecule has 110 valence electrons. The molecule has 1 aromatic heterocycles. The normalized spacial score (nSPS) is 22.4. The minimum atomic E-state index is -4.32. The Morgan fingerprint density at radius 1 is 1.15 bits per heavy atom. The molecule has 1 aromatic rings. The average Bonchev–Trinajstić information content (AvgIpc) is 2.87. The van der Waals surface area contributed by atoms with Crippen LogP contribution in [-0.4, -0.2) is 30.3 Å². The molecular formula is C14H17F3N2O. The predicted molar refractivity (Wildman–Crippen MR) is 68.6 cm³/mol. The second kappa shape index (κ2) is 4.91. The van der Waals surface area contributed by atoms with Crippen molar-refractivity contribution >= 4 is 5.82 Å². The zero-order valence-electron chi connectivity index (χ0n) is 11.1. The van der Waals surface area contributed by atoms with Crippen molar-refractivity contribution < 1.29 is 17.9 Å². The third-order valence-electron chi connectivity index (χ3n) is 4.26. The van der Waals surface area contributed by atoms with Crippen LogP contribution in [0.15, 0.2) is 18.3 Å². The molecular weight excluding hydrogens is 269 g/mol. The molecule has 6 heteroatoms. The van der Waals surface area contributed by atoms with Crippen molar-refractivity contribution in [3.05, 3.63) is 23.9 Å². The van der Waals surface area contributed by atoms with E-state index >= 15 is 0 Å². The quantitative estimate of drug-likeness (QED) is 0.792. The van der Waals surface area contributed by atoms with E-state index in [1.54, 1.807) is 0 Å². The van der Waals surface area contributed by atoms with Crippen LogP contribution in [0.4, 0.5) is 19.0 Å². The summed E-state index contributed by atoms with van der Waals surface area (Å²) in [5, 5.41) is 0. The smallest absolute Gasteiger partial charge is 0.375 e. The van der Waals surface area contributed by atoms with Gasteiger partial charge in [0.1, 0.15) is 5.82 Å². The molecule has 2 aliphatic rings. The van der Waals surface area contributed by atoms with Crippen LogP contribution in [0.2, 0.25) is 0 Å². The molecule has 2 aliphatic heterocycles. The van der Waals surface area contributed by atoms with Crippen LogP contribution in [0.1, 0.15) is 31.2 Å². The lowest BCUT2D eigenvalue weighted by Crippen LogP contribution is -2.44. The van der Waals surface area contributed by atoms with E-state index in [9.17, 15) is 13.2 Å². The number of halogens is 3. The summed E-state index contributed by atoms with van der Waals surface area (Å²) in [7, 11) is 0. The molecule has 0 unspecified atom stereocenters. The van der Waals surface area contributed by atoms with Crippen molar-refractivity contribution in [1.29, 1.82) is 0 Å². The highest BCUT2D eigenvalue weighted by atomic mass is 19.4. The predicted octanol–water partition coefficient (Wildman–Crippen LogP) is 3.25. The van der Waals surface area contributed by atoms with Gasteiger partial charge in [0.15, 0.2) is 0 Å². The Kier molecular flexibility index (Phi) is 3.36. The van der Waals surface area contributed by atoms with Gasteiger partial charge in [-0.05, 0) is 37.8 Å². The van der Waals surface area contributed by atoms with Crippen LogP contribution in [0.3, 0.4) is 0 Å². The Morgan fingerprint density at radius 3 is 2.40 bits per heavy atom. The Balaban J connectivity index is 1.66. The molecule has 2 saturated heterocycles. The molecule has 20 heavy (non-hydrogen) atoms. The maximum absolute atomic E-state index is 12.5. The number of hydrogen-bond acceptors (Lipinski definition) is 3. The SMILES string of the molecule is FC(F)(F)c1ccc(N2CCC3(CCCO3)CC2)nc1. The van der Waals surface area contributed by atoms with Gasteiger partial charge in [0.2, 0.25) is 0 Å². The first-order valence-electron chi connectivity index (χ1n) is 6.91. The van der Waals surface area contributed by atoms with E-state index in [2.05, 4.69) is 4.98 Å². The lowest BCUT2D eigenvalue weighted by atomic mass is 9.89. The number of hydrogen-bond donors (Lipinski definition) is 0. The Hall–Kier alpha value is -1.30. The topological polar surface area (TPSA) is 25.4 Å². The van der Waals surface area contributed by atoms with Gasteiger partial charge in [-0.2, -0.15) is 13.2 Å². The number of anilines is 1. The van der Waals surface area contributed by atoms with E-state index in [1.165, 1.54) is 6.07 Å². The number of nitrogens with zero attached hydrogens (tertiary/aromatic N) is 2. The van der Waals surface area contributed by atoms with Crippen molar-refractivity contribution in [2.75, 3.05) is 24.6 Å². The van der Waals surface area contributed by atoms with E-state index in [4.69, 9.17) is 4.74 Å². The van der Waals surface area contributed by atoms with E-state index in [0.29, 0.717) is 5.82 Å². The van der Waals surface area contributed by atoms with E-state index in [-0.39, 0.29) is 5.60 Å². The zero-order chi connectivity index (χ0) is 14.2. The summed E-state index contributed by atoms with van der Waals surface area (Å²) in [5.74, 6) is 0.617. The maximum Gasteiger partial charge on any atom is 0.417 e. The molecule has 0 N–H and O–H groups in total. The Labute approximate surface area is 115 Å². The molecule has 3 rings (SSSR count). The van der Waals surface area contributed by atoms with Gasteiger partial charge in [-0.15, -0.1) is 0 Å². The molecule has 1 spiro atoms. The summed E-state index contributed by atoms with van der Waals surface area (Å²) < 4.78 is 43.3. The highest BCUT2D eigenvalue weighted by Crippen LogP contribution is 2.37. The number of pyridine rings is 1. The Bertz CT molecular complexity index is 456. The molecule has 2 fully saturated rings. The van der Waals surface area contributed by atoms with Gasteiger partial charge in [0.05, 0.1) is 11.2 Å². The van der Waals surface area contributed by atoms with E-state index < -0.39 is 11.7 Å². The van der Waals surface area contributed by atoms with E-state index in [1.807, 2.05) is 4.90 Å². The summed E-state index contributed by atoms with van der Waals surface area (Å²) in [6, 6.07) is 2.55. The molecule has 0 aliphatic carbocycles. The fourth-order valence-electron chi connectivity index (χ4n) is 3.03. The first kappa shape index (κ1) is 13.7. The maximum atomic E-state index is 12.5. The van der Waals surface area contributed by atoms with Crippen molar-refractivity contribution in [3.63, 3.8) is 0 Å². The molecule has 0 radical (unpaired) electrons. The summed E-state index contributed by atoms with van der Waals surface area (Å²) in [5.41, 5.74) is -0.684. The van der Waals surface area contributed by atoms with Gasteiger partial charge in [0.25, 0.3) is 0 Å². The zero-order valence-corrected chi connectivity index (χ0v) is 11.1. The number of rotatable bonds is 1.